The van der Waals surface area contributed by atoms with Gasteiger partial charge >= 0.3 is 0 Å². The molecule has 104 valence electrons. The largest absolute Gasteiger partial charge is 0.387 e. The van der Waals surface area contributed by atoms with E-state index in [1.54, 1.807) is 24.3 Å². The van der Waals surface area contributed by atoms with Crippen molar-refractivity contribution in [2.75, 3.05) is 11.9 Å². The van der Waals surface area contributed by atoms with Crippen molar-refractivity contribution in [2.45, 2.75) is 6.10 Å². The molecule has 0 saturated carbocycles. The van der Waals surface area contributed by atoms with Gasteiger partial charge in [0.2, 0.25) is 0 Å². The highest BCUT2D eigenvalue weighted by Crippen LogP contribution is 2.19. The maximum atomic E-state index is 10.5. The number of rotatable bonds is 5. The molecule has 0 fully saturated rings. The van der Waals surface area contributed by atoms with Gasteiger partial charge in [-0.25, -0.2) is 0 Å². The van der Waals surface area contributed by atoms with E-state index in [0.717, 1.165) is 5.69 Å². The summed E-state index contributed by atoms with van der Waals surface area (Å²) in [5.41, 5.74) is 1.42. The molecule has 2 rings (SSSR count). The molecule has 1 atom stereocenters. The molecule has 2 N–H and O–H groups in total. The Balaban J connectivity index is 1.97. The third-order valence-electron chi connectivity index (χ3n) is 2.81. The van der Waals surface area contributed by atoms with Crippen LogP contribution in [0.2, 0.25) is 5.02 Å². The predicted octanol–water partition coefficient (Wildman–Crippen LogP) is 3.39. The van der Waals surface area contributed by atoms with Gasteiger partial charge in [0.1, 0.15) is 0 Å². The maximum Gasteiger partial charge on any atom is 0.269 e. The minimum absolute atomic E-state index is 0.00347. The molecular formula is C14H13ClN2O3. The first kappa shape index (κ1) is 14.3. The second kappa shape index (κ2) is 6.36. The number of benzene rings is 2. The molecule has 0 saturated heterocycles. The van der Waals surface area contributed by atoms with Crippen LogP contribution in [0.15, 0.2) is 48.5 Å². The lowest BCUT2D eigenvalue weighted by Gasteiger charge is -2.13. The Kier molecular flexibility index (Phi) is 4.55. The first-order chi connectivity index (χ1) is 9.56. The van der Waals surface area contributed by atoms with Gasteiger partial charge in [-0.1, -0.05) is 17.7 Å². The van der Waals surface area contributed by atoms with Crippen LogP contribution in [-0.4, -0.2) is 16.6 Å². The van der Waals surface area contributed by atoms with Gasteiger partial charge in [-0.15, -0.1) is 0 Å². The topological polar surface area (TPSA) is 75.4 Å². The number of anilines is 1. The second-order valence-electron chi connectivity index (χ2n) is 4.26. The standard InChI is InChI=1S/C14H13ClN2O3/c15-11-2-1-3-12(8-11)16-9-14(18)10-4-6-13(7-5-10)17(19)20/h1-8,14,16,18H,9H2. The number of aliphatic hydroxyl groups excluding tert-OH is 1. The molecule has 0 amide bonds. The van der Waals surface area contributed by atoms with Crippen molar-refractivity contribution in [3.63, 3.8) is 0 Å². The number of aliphatic hydroxyl groups is 1. The third-order valence-corrected chi connectivity index (χ3v) is 3.05. The molecule has 0 bridgehead atoms. The smallest absolute Gasteiger partial charge is 0.269 e. The summed E-state index contributed by atoms with van der Waals surface area (Å²) in [6.45, 7) is 0.290. The summed E-state index contributed by atoms with van der Waals surface area (Å²) in [5.74, 6) is 0. The second-order valence-corrected chi connectivity index (χ2v) is 4.69. The summed E-state index contributed by atoms with van der Waals surface area (Å²) in [5, 5.41) is 24.2. The van der Waals surface area contributed by atoms with E-state index in [2.05, 4.69) is 5.32 Å². The van der Waals surface area contributed by atoms with Crippen LogP contribution in [0.5, 0.6) is 0 Å². The SMILES string of the molecule is O=[N+]([O-])c1ccc(C(O)CNc2cccc(Cl)c2)cc1. The monoisotopic (exact) mass is 292 g/mol. The first-order valence-corrected chi connectivity index (χ1v) is 6.36. The lowest BCUT2D eigenvalue weighted by molar-refractivity contribution is -0.384. The molecule has 0 aliphatic carbocycles. The summed E-state index contributed by atoms with van der Waals surface area (Å²) >= 11 is 5.86. The van der Waals surface area contributed by atoms with E-state index in [1.807, 2.05) is 12.1 Å². The fourth-order valence-corrected chi connectivity index (χ4v) is 1.94. The molecular weight excluding hydrogens is 280 g/mol. The Labute approximate surface area is 121 Å². The molecule has 1 unspecified atom stereocenters. The number of nitro groups is 1. The number of hydrogen-bond donors (Lipinski definition) is 2. The molecule has 2 aromatic rings. The van der Waals surface area contributed by atoms with Crippen LogP contribution in [0.3, 0.4) is 0 Å². The number of nitrogens with zero attached hydrogens (tertiary/aromatic N) is 1. The molecule has 0 aliphatic rings. The van der Waals surface area contributed by atoms with Crippen molar-refractivity contribution in [2.24, 2.45) is 0 Å². The lowest BCUT2D eigenvalue weighted by Crippen LogP contribution is -2.12. The van der Waals surface area contributed by atoms with Gasteiger partial charge < -0.3 is 10.4 Å². The van der Waals surface area contributed by atoms with Crippen molar-refractivity contribution in [3.8, 4) is 0 Å². The van der Waals surface area contributed by atoms with Crippen LogP contribution in [0.4, 0.5) is 11.4 Å². The highest BCUT2D eigenvalue weighted by Gasteiger charge is 2.10. The lowest BCUT2D eigenvalue weighted by atomic mass is 10.1. The number of nitrogens with one attached hydrogen (secondary N) is 1. The summed E-state index contributed by atoms with van der Waals surface area (Å²) in [4.78, 5) is 10.1. The van der Waals surface area contributed by atoms with Crippen LogP contribution >= 0.6 is 11.6 Å². The molecule has 0 spiro atoms. The van der Waals surface area contributed by atoms with Gasteiger partial charge in [0.15, 0.2) is 0 Å². The minimum Gasteiger partial charge on any atom is -0.387 e. The van der Waals surface area contributed by atoms with E-state index in [0.29, 0.717) is 10.6 Å². The quantitative estimate of drug-likeness (QED) is 0.654. The van der Waals surface area contributed by atoms with Gasteiger partial charge in [0.25, 0.3) is 5.69 Å². The number of hydrogen-bond acceptors (Lipinski definition) is 4. The number of nitro benzene ring substituents is 1. The highest BCUT2D eigenvalue weighted by molar-refractivity contribution is 6.30. The summed E-state index contributed by atoms with van der Waals surface area (Å²) in [6.07, 6.45) is -0.755. The zero-order valence-corrected chi connectivity index (χ0v) is 11.2. The fourth-order valence-electron chi connectivity index (χ4n) is 1.75. The number of non-ortho nitro benzene ring substituents is 1. The van der Waals surface area contributed by atoms with Gasteiger partial charge in [0, 0.05) is 29.4 Å². The van der Waals surface area contributed by atoms with Crippen LogP contribution in [-0.2, 0) is 0 Å². The van der Waals surface area contributed by atoms with Crippen molar-refractivity contribution < 1.29 is 10.0 Å². The highest BCUT2D eigenvalue weighted by atomic mass is 35.5. The summed E-state index contributed by atoms with van der Waals surface area (Å²) in [6, 6.07) is 13.0. The Bertz CT molecular complexity index is 602. The van der Waals surface area contributed by atoms with Gasteiger partial charge in [0.05, 0.1) is 11.0 Å². The third kappa shape index (κ3) is 3.69. The molecule has 5 nitrogen and oxygen atoms in total. The molecule has 20 heavy (non-hydrogen) atoms. The van der Waals surface area contributed by atoms with Gasteiger partial charge in [-0.05, 0) is 35.9 Å². The van der Waals surface area contributed by atoms with Crippen molar-refractivity contribution in [1.29, 1.82) is 0 Å². The van der Waals surface area contributed by atoms with Crippen LogP contribution < -0.4 is 5.32 Å². The minimum atomic E-state index is -0.755. The normalized spacial score (nSPS) is 11.9. The van der Waals surface area contributed by atoms with Crippen LogP contribution in [0, 0.1) is 10.1 Å². The van der Waals surface area contributed by atoms with Crippen molar-refractivity contribution in [1.82, 2.24) is 0 Å². The molecule has 0 heterocycles. The number of halogens is 1. The van der Waals surface area contributed by atoms with Crippen LogP contribution in [0.1, 0.15) is 11.7 Å². The molecule has 0 aliphatic heterocycles. The Morgan fingerprint density at radius 1 is 1.25 bits per heavy atom. The van der Waals surface area contributed by atoms with E-state index in [4.69, 9.17) is 11.6 Å². The van der Waals surface area contributed by atoms with E-state index >= 15 is 0 Å². The average Bonchev–Trinajstić information content (AvgIpc) is 2.45. The van der Waals surface area contributed by atoms with Gasteiger partial charge in [-0.2, -0.15) is 0 Å². The first-order valence-electron chi connectivity index (χ1n) is 5.98. The zero-order valence-electron chi connectivity index (χ0n) is 10.5. The van der Waals surface area contributed by atoms with E-state index in [-0.39, 0.29) is 12.2 Å². The average molecular weight is 293 g/mol. The molecule has 6 heteroatoms. The van der Waals surface area contributed by atoms with E-state index in [1.165, 1.54) is 12.1 Å². The fraction of sp³-hybridized carbons (Fsp3) is 0.143. The molecule has 0 radical (unpaired) electrons. The molecule has 0 aromatic heterocycles. The van der Waals surface area contributed by atoms with E-state index in [9.17, 15) is 15.2 Å². The molecule has 2 aromatic carbocycles. The maximum absolute atomic E-state index is 10.5. The van der Waals surface area contributed by atoms with Crippen molar-refractivity contribution in [3.05, 3.63) is 69.2 Å². The zero-order chi connectivity index (χ0) is 14.5. The Hall–Kier alpha value is -2.11. The summed E-state index contributed by atoms with van der Waals surface area (Å²) in [7, 11) is 0. The van der Waals surface area contributed by atoms with Gasteiger partial charge in [-0.3, -0.25) is 10.1 Å². The Morgan fingerprint density at radius 2 is 1.95 bits per heavy atom. The summed E-state index contributed by atoms with van der Waals surface area (Å²) < 4.78 is 0. The Morgan fingerprint density at radius 3 is 2.55 bits per heavy atom. The van der Waals surface area contributed by atoms with Crippen molar-refractivity contribution >= 4 is 23.0 Å². The predicted molar refractivity (Wildman–Crippen MR) is 78.0 cm³/mol. The van der Waals surface area contributed by atoms with E-state index < -0.39 is 11.0 Å². The van der Waals surface area contributed by atoms with Crippen LogP contribution in [0.25, 0.3) is 0 Å².